The van der Waals surface area contributed by atoms with Crippen molar-refractivity contribution in [2.75, 3.05) is 24.5 Å². The first-order chi connectivity index (χ1) is 13.6. The number of nitrogens with zero attached hydrogens (tertiary/aromatic N) is 3. The minimum atomic E-state index is -0.187. The van der Waals surface area contributed by atoms with Crippen LogP contribution in [0.15, 0.2) is 33.8 Å². The van der Waals surface area contributed by atoms with E-state index < -0.39 is 0 Å². The number of aromatic nitrogens is 1. The minimum Gasteiger partial charge on any atom is -0.369 e. The normalized spacial score (nSPS) is 17.0. The molecule has 2 heterocycles. The van der Waals surface area contributed by atoms with Crippen molar-refractivity contribution in [1.82, 2.24) is 15.8 Å². The highest BCUT2D eigenvalue weighted by Gasteiger charge is 2.22. The monoisotopic (exact) mass is 515 g/mol. The molecule has 0 spiro atoms. The third-order valence-corrected chi connectivity index (χ3v) is 4.97. The Morgan fingerprint density at radius 2 is 2.17 bits per heavy atom. The summed E-state index contributed by atoms with van der Waals surface area (Å²) < 4.78 is 18.8. The van der Waals surface area contributed by atoms with Gasteiger partial charge in [-0.2, -0.15) is 0 Å². The lowest BCUT2D eigenvalue weighted by atomic mass is 10.0. The third-order valence-electron chi connectivity index (χ3n) is 4.97. The van der Waals surface area contributed by atoms with Gasteiger partial charge in [-0.3, -0.25) is 0 Å². The van der Waals surface area contributed by atoms with E-state index in [0.717, 1.165) is 67.6 Å². The number of hydrogen-bond donors (Lipinski definition) is 2. The van der Waals surface area contributed by atoms with Gasteiger partial charge in [-0.1, -0.05) is 12.1 Å². The number of aryl methyl sites for hydroxylation is 2. The van der Waals surface area contributed by atoms with E-state index >= 15 is 0 Å². The molecule has 0 saturated carbocycles. The fraction of sp³-hybridized carbons (Fsp3) is 0.524. The number of halogens is 2. The summed E-state index contributed by atoms with van der Waals surface area (Å²) in [7, 11) is 0. The average molecular weight is 515 g/mol. The molecule has 1 unspecified atom stereocenters. The first-order valence-corrected chi connectivity index (χ1v) is 10.1. The molecule has 160 valence electrons. The average Bonchev–Trinajstić information content (AvgIpc) is 3.15. The summed E-state index contributed by atoms with van der Waals surface area (Å²) in [5.41, 5.74) is 3.02. The Kier molecular flexibility index (Phi) is 9.19. The highest BCUT2D eigenvalue weighted by Crippen LogP contribution is 2.24. The zero-order valence-corrected chi connectivity index (χ0v) is 19.7. The lowest BCUT2D eigenvalue weighted by molar-refractivity contribution is 0.379. The van der Waals surface area contributed by atoms with Crippen molar-refractivity contribution in [3.63, 3.8) is 0 Å². The van der Waals surface area contributed by atoms with Gasteiger partial charge in [0.15, 0.2) is 11.7 Å². The zero-order chi connectivity index (χ0) is 19.9. The van der Waals surface area contributed by atoms with Crippen molar-refractivity contribution < 1.29 is 8.91 Å². The molecule has 6 nitrogen and oxygen atoms in total. The molecule has 2 aromatic rings. The Morgan fingerprint density at radius 3 is 2.86 bits per heavy atom. The summed E-state index contributed by atoms with van der Waals surface area (Å²) in [6.45, 7) is 9.15. The zero-order valence-electron chi connectivity index (χ0n) is 17.4. The number of guanidine groups is 1. The molecule has 0 aliphatic carbocycles. The summed E-state index contributed by atoms with van der Waals surface area (Å²) in [6, 6.07) is 7.23. The van der Waals surface area contributed by atoms with E-state index in [4.69, 9.17) is 4.52 Å². The van der Waals surface area contributed by atoms with Gasteiger partial charge >= 0.3 is 0 Å². The molecule has 1 aliphatic rings. The Bertz CT molecular complexity index is 810. The van der Waals surface area contributed by atoms with Crippen LogP contribution in [-0.4, -0.2) is 36.8 Å². The number of piperidine rings is 1. The van der Waals surface area contributed by atoms with Crippen LogP contribution in [0.3, 0.4) is 0 Å². The predicted molar refractivity (Wildman–Crippen MR) is 126 cm³/mol. The molecule has 1 aromatic heterocycles. The van der Waals surface area contributed by atoms with Crippen LogP contribution in [0.25, 0.3) is 0 Å². The largest absolute Gasteiger partial charge is 0.369 e. The summed E-state index contributed by atoms with van der Waals surface area (Å²) in [4.78, 5) is 6.97. The standard InChI is InChI=1S/C21H30FN5O.HI/c1-4-17-12-19(28-26-17)13-24-21(23-5-2)25-18-7-6-10-27(14-18)20-9-8-16(22)11-15(20)3;/h8-9,11-12,18H,4-7,10,13-14H2,1-3H3,(H2,23,24,25);1H. The molecule has 1 aromatic carbocycles. The van der Waals surface area contributed by atoms with Crippen LogP contribution in [0, 0.1) is 12.7 Å². The van der Waals surface area contributed by atoms with Crippen LogP contribution in [0.2, 0.25) is 0 Å². The van der Waals surface area contributed by atoms with E-state index in [-0.39, 0.29) is 35.8 Å². The molecule has 2 N–H and O–H groups in total. The molecule has 1 saturated heterocycles. The Morgan fingerprint density at radius 1 is 1.34 bits per heavy atom. The lowest BCUT2D eigenvalue weighted by Gasteiger charge is -2.36. The smallest absolute Gasteiger partial charge is 0.191 e. The van der Waals surface area contributed by atoms with Gasteiger partial charge in [0.2, 0.25) is 0 Å². The molecular weight excluding hydrogens is 484 g/mol. The van der Waals surface area contributed by atoms with Crippen LogP contribution in [0.4, 0.5) is 10.1 Å². The van der Waals surface area contributed by atoms with Crippen LogP contribution < -0.4 is 15.5 Å². The van der Waals surface area contributed by atoms with Gasteiger partial charge in [0.1, 0.15) is 12.4 Å². The van der Waals surface area contributed by atoms with Gasteiger partial charge in [0.25, 0.3) is 0 Å². The van der Waals surface area contributed by atoms with Crippen LogP contribution >= 0.6 is 24.0 Å². The lowest BCUT2D eigenvalue weighted by Crippen LogP contribution is -2.51. The van der Waals surface area contributed by atoms with Gasteiger partial charge in [0.05, 0.1) is 5.69 Å². The van der Waals surface area contributed by atoms with Gasteiger partial charge in [-0.15, -0.1) is 24.0 Å². The quantitative estimate of drug-likeness (QED) is 0.346. The van der Waals surface area contributed by atoms with E-state index in [0.29, 0.717) is 6.54 Å². The molecule has 0 radical (unpaired) electrons. The van der Waals surface area contributed by atoms with Crippen molar-refractivity contribution in [3.8, 4) is 0 Å². The maximum Gasteiger partial charge on any atom is 0.191 e. The molecule has 0 amide bonds. The van der Waals surface area contributed by atoms with Gasteiger partial charge in [-0.05, 0) is 56.9 Å². The highest BCUT2D eigenvalue weighted by atomic mass is 127. The topological polar surface area (TPSA) is 65.7 Å². The first kappa shape index (κ1) is 23.4. The number of aliphatic imine (C=N–C) groups is 1. The second-order valence-corrected chi connectivity index (χ2v) is 7.19. The van der Waals surface area contributed by atoms with Crippen LogP contribution in [0.1, 0.15) is 43.7 Å². The van der Waals surface area contributed by atoms with Crippen LogP contribution in [0.5, 0.6) is 0 Å². The van der Waals surface area contributed by atoms with E-state index in [1.165, 1.54) is 6.07 Å². The maximum absolute atomic E-state index is 13.4. The molecule has 1 fully saturated rings. The van der Waals surface area contributed by atoms with Crippen LogP contribution in [-0.2, 0) is 13.0 Å². The molecule has 1 atom stereocenters. The second-order valence-electron chi connectivity index (χ2n) is 7.19. The number of nitrogens with one attached hydrogen (secondary N) is 2. The van der Waals surface area contributed by atoms with E-state index in [1.54, 1.807) is 6.07 Å². The van der Waals surface area contributed by atoms with Gasteiger partial charge in [0, 0.05) is 37.4 Å². The number of anilines is 1. The number of hydrogen-bond acceptors (Lipinski definition) is 4. The maximum atomic E-state index is 13.4. The SMILES string of the molecule is CCNC(=NCc1cc(CC)no1)NC1CCCN(c2ccc(F)cc2C)C1.I. The van der Waals surface area contributed by atoms with Gasteiger partial charge < -0.3 is 20.1 Å². The third kappa shape index (κ3) is 6.58. The molecule has 29 heavy (non-hydrogen) atoms. The summed E-state index contributed by atoms with van der Waals surface area (Å²) in [5.74, 6) is 1.36. The summed E-state index contributed by atoms with van der Waals surface area (Å²) in [5, 5.41) is 10.9. The molecule has 3 rings (SSSR count). The van der Waals surface area contributed by atoms with Gasteiger partial charge in [-0.25, -0.2) is 9.38 Å². The summed E-state index contributed by atoms with van der Waals surface area (Å²) >= 11 is 0. The Labute approximate surface area is 189 Å². The predicted octanol–water partition coefficient (Wildman–Crippen LogP) is 4.03. The van der Waals surface area contributed by atoms with E-state index in [9.17, 15) is 4.39 Å². The first-order valence-electron chi connectivity index (χ1n) is 10.1. The fourth-order valence-corrected chi connectivity index (χ4v) is 3.55. The van der Waals surface area contributed by atoms with Crippen molar-refractivity contribution >= 4 is 35.6 Å². The molecule has 0 bridgehead atoms. The molecule has 8 heteroatoms. The number of rotatable bonds is 6. The minimum absolute atomic E-state index is 0. The molecule has 1 aliphatic heterocycles. The highest BCUT2D eigenvalue weighted by molar-refractivity contribution is 14.0. The Balaban J connectivity index is 0.00000300. The van der Waals surface area contributed by atoms with Crippen molar-refractivity contribution in [1.29, 1.82) is 0 Å². The van der Waals surface area contributed by atoms with Crippen molar-refractivity contribution in [2.45, 2.75) is 52.6 Å². The van der Waals surface area contributed by atoms with E-state index in [2.05, 4.69) is 32.6 Å². The van der Waals surface area contributed by atoms with Crippen molar-refractivity contribution in [2.24, 2.45) is 4.99 Å². The second kappa shape index (κ2) is 11.4. The number of benzene rings is 1. The Hall–Kier alpha value is -1.84. The van der Waals surface area contributed by atoms with E-state index in [1.807, 2.05) is 26.0 Å². The molecular formula is C21H31FIN5O. The van der Waals surface area contributed by atoms with Crippen molar-refractivity contribution in [3.05, 3.63) is 47.1 Å². The summed E-state index contributed by atoms with van der Waals surface area (Å²) in [6.07, 6.45) is 3.01. The fourth-order valence-electron chi connectivity index (χ4n) is 3.55.